The maximum atomic E-state index is 10.6. The van der Waals surface area contributed by atoms with Crippen molar-refractivity contribution in [2.24, 2.45) is 0 Å². The van der Waals surface area contributed by atoms with Crippen LogP contribution in [0.25, 0.3) is 0 Å². The van der Waals surface area contributed by atoms with Crippen LogP contribution in [0, 0.1) is 0 Å². The fourth-order valence-electron chi connectivity index (χ4n) is 0.495. The number of hydrogen-bond donors (Lipinski definition) is 0. The summed E-state index contributed by atoms with van der Waals surface area (Å²) in [5, 5.41) is 0.0175. The molecule has 0 aromatic rings. The lowest BCUT2D eigenvalue weighted by Crippen LogP contribution is -2.19. The number of amides is 1. The molecule has 0 spiro atoms. The zero-order valence-corrected chi connectivity index (χ0v) is 8.00. The maximum Gasteiger partial charge on any atom is 0.326 e. The molecule has 4 heteroatoms. The Kier molecular flexibility index (Phi) is 4.91. The van der Waals surface area contributed by atoms with E-state index in [1.165, 1.54) is 16.3 Å². The quantitative estimate of drug-likeness (QED) is 0.379. The van der Waals surface area contributed by atoms with Gasteiger partial charge in [-0.15, -0.1) is 0 Å². The van der Waals surface area contributed by atoms with Gasteiger partial charge in [-0.2, -0.15) is 0 Å². The van der Waals surface area contributed by atoms with Gasteiger partial charge in [0, 0.05) is 11.8 Å². The summed E-state index contributed by atoms with van der Waals surface area (Å²) in [7, 11) is 0. The molecule has 0 aliphatic heterocycles. The molecule has 0 atom stereocenters. The molecule has 0 rings (SSSR count). The Morgan fingerprint density at radius 3 is 2.30 bits per heavy atom. The summed E-state index contributed by atoms with van der Waals surface area (Å²) in [5.74, 6) is 0. The van der Waals surface area contributed by atoms with Crippen LogP contribution >= 0.6 is 23.5 Å². The SMILES string of the molecule is CCN(SC(C)C)C(=O)Cl. The van der Waals surface area contributed by atoms with Crippen LogP contribution in [0.2, 0.25) is 0 Å². The fraction of sp³-hybridized carbons (Fsp3) is 0.833. The molecule has 0 bridgehead atoms. The van der Waals surface area contributed by atoms with E-state index in [0.29, 0.717) is 11.8 Å². The third-order valence-electron chi connectivity index (χ3n) is 0.821. The van der Waals surface area contributed by atoms with Crippen molar-refractivity contribution in [3.63, 3.8) is 0 Å². The molecule has 0 heterocycles. The summed E-state index contributed by atoms with van der Waals surface area (Å²) < 4.78 is 1.53. The number of nitrogens with zero attached hydrogens (tertiary/aromatic N) is 1. The van der Waals surface area contributed by atoms with Crippen LogP contribution in [0.5, 0.6) is 0 Å². The van der Waals surface area contributed by atoms with Crippen LogP contribution in [0.15, 0.2) is 0 Å². The van der Waals surface area contributed by atoms with Gasteiger partial charge in [0.1, 0.15) is 0 Å². The van der Waals surface area contributed by atoms with Gasteiger partial charge in [0.25, 0.3) is 0 Å². The van der Waals surface area contributed by atoms with Gasteiger partial charge in [-0.1, -0.05) is 13.8 Å². The van der Waals surface area contributed by atoms with Gasteiger partial charge in [-0.25, -0.2) is 0 Å². The Bertz CT molecular complexity index is 118. The molecule has 0 radical (unpaired) electrons. The van der Waals surface area contributed by atoms with Gasteiger partial charge in [0.05, 0.1) is 0 Å². The molecular weight excluding hydrogens is 170 g/mol. The van der Waals surface area contributed by atoms with Crippen LogP contribution in [-0.4, -0.2) is 21.5 Å². The molecule has 60 valence electrons. The summed E-state index contributed by atoms with van der Waals surface area (Å²) in [6, 6.07) is 0. The molecule has 0 unspecified atom stereocenters. The number of carbonyl (C=O) groups excluding carboxylic acids is 1. The Hall–Kier alpha value is 0.110. The summed E-state index contributed by atoms with van der Waals surface area (Å²) >= 11 is 6.71. The van der Waals surface area contributed by atoms with Crippen molar-refractivity contribution in [2.75, 3.05) is 6.54 Å². The van der Waals surface area contributed by atoms with E-state index in [1.54, 1.807) is 0 Å². The highest BCUT2D eigenvalue weighted by Crippen LogP contribution is 2.17. The van der Waals surface area contributed by atoms with Gasteiger partial charge in [-0.05, 0) is 30.5 Å². The predicted molar refractivity (Wildman–Crippen MR) is 46.4 cm³/mol. The summed E-state index contributed by atoms with van der Waals surface area (Å²) in [5.41, 5.74) is 0. The highest BCUT2D eigenvalue weighted by molar-refractivity contribution is 7.98. The molecule has 0 saturated carbocycles. The molecule has 0 N–H and O–H groups in total. The minimum Gasteiger partial charge on any atom is -0.273 e. The second kappa shape index (κ2) is 4.85. The van der Waals surface area contributed by atoms with E-state index in [4.69, 9.17) is 11.6 Å². The first kappa shape index (κ1) is 10.1. The van der Waals surface area contributed by atoms with Gasteiger partial charge in [0.2, 0.25) is 0 Å². The topological polar surface area (TPSA) is 20.3 Å². The van der Waals surface area contributed by atoms with Crippen LogP contribution in [0.1, 0.15) is 20.8 Å². The van der Waals surface area contributed by atoms with Gasteiger partial charge < -0.3 is 0 Å². The molecule has 1 amide bonds. The third kappa shape index (κ3) is 4.01. The average molecular weight is 182 g/mol. The molecular formula is C6H12ClNOS. The molecule has 0 saturated heterocycles. The van der Waals surface area contributed by atoms with Crippen molar-refractivity contribution in [3.05, 3.63) is 0 Å². The molecule has 0 aromatic heterocycles. The van der Waals surface area contributed by atoms with Crippen molar-refractivity contribution in [1.29, 1.82) is 0 Å². The summed E-state index contributed by atoms with van der Waals surface area (Å²) in [6.07, 6.45) is 0. The van der Waals surface area contributed by atoms with Gasteiger partial charge in [-0.3, -0.25) is 9.10 Å². The Labute approximate surface area is 71.0 Å². The normalized spacial score (nSPS) is 10.1. The van der Waals surface area contributed by atoms with Gasteiger partial charge >= 0.3 is 5.37 Å². The summed E-state index contributed by atoms with van der Waals surface area (Å²) in [6.45, 7) is 6.60. The lowest BCUT2D eigenvalue weighted by Gasteiger charge is -2.17. The van der Waals surface area contributed by atoms with Crippen molar-refractivity contribution < 1.29 is 4.79 Å². The molecule has 0 fully saturated rings. The van der Waals surface area contributed by atoms with E-state index in [-0.39, 0.29) is 5.37 Å². The van der Waals surface area contributed by atoms with Crippen molar-refractivity contribution in [2.45, 2.75) is 26.0 Å². The average Bonchev–Trinajstić information content (AvgIpc) is 1.81. The largest absolute Gasteiger partial charge is 0.326 e. The third-order valence-corrected chi connectivity index (χ3v) is 2.23. The van der Waals surface area contributed by atoms with Crippen molar-refractivity contribution in [3.8, 4) is 0 Å². The zero-order chi connectivity index (χ0) is 8.15. The smallest absolute Gasteiger partial charge is 0.273 e. The van der Waals surface area contributed by atoms with Gasteiger partial charge in [0.15, 0.2) is 0 Å². The highest BCUT2D eigenvalue weighted by Gasteiger charge is 2.09. The minimum atomic E-state index is -0.388. The lowest BCUT2D eigenvalue weighted by atomic mass is 10.6. The number of halogens is 1. The Balaban J connectivity index is 3.72. The second-order valence-electron chi connectivity index (χ2n) is 2.10. The van der Waals surface area contributed by atoms with E-state index in [1.807, 2.05) is 20.8 Å². The van der Waals surface area contributed by atoms with Crippen LogP contribution in [-0.2, 0) is 0 Å². The van der Waals surface area contributed by atoms with E-state index < -0.39 is 0 Å². The molecule has 10 heavy (non-hydrogen) atoms. The first-order chi connectivity index (χ1) is 4.57. The number of rotatable bonds is 3. The highest BCUT2D eigenvalue weighted by atomic mass is 35.5. The van der Waals surface area contributed by atoms with Crippen LogP contribution < -0.4 is 0 Å². The number of hydrogen-bond acceptors (Lipinski definition) is 2. The zero-order valence-electron chi connectivity index (χ0n) is 6.43. The standard InChI is InChI=1S/C6H12ClNOS/c1-4-8(6(7)9)10-5(2)3/h5H,4H2,1-3H3. The van der Waals surface area contributed by atoms with Crippen LogP contribution in [0.4, 0.5) is 4.79 Å². The lowest BCUT2D eigenvalue weighted by molar-refractivity contribution is 0.248. The summed E-state index contributed by atoms with van der Waals surface area (Å²) in [4.78, 5) is 10.6. The van der Waals surface area contributed by atoms with E-state index in [2.05, 4.69) is 0 Å². The predicted octanol–water partition coefficient (Wildman–Crippen LogP) is 2.72. The van der Waals surface area contributed by atoms with Crippen LogP contribution in [0.3, 0.4) is 0 Å². The number of carbonyl (C=O) groups is 1. The second-order valence-corrected chi connectivity index (χ2v) is 4.02. The molecule has 2 nitrogen and oxygen atoms in total. The fourth-order valence-corrected chi connectivity index (χ4v) is 1.47. The van der Waals surface area contributed by atoms with Crippen molar-refractivity contribution >= 4 is 28.9 Å². The molecule has 0 aliphatic rings. The first-order valence-electron chi connectivity index (χ1n) is 3.21. The van der Waals surface area contributed by atoms with Crippen molar-refractivity contribution in [1.82, 2.24) is 4.31 Å². The Morgan fingerprint density at radius 2 is 2.20 bits per heavy atom. The Morgan fingerprint density at radius 1 is 1.70 bits per heavy atom. The first-order valence-corrected chi connectivity index (χ1v) is 4.43. The van der Waals surface area contributed by atoms with E-state index in [9.17, 15) is 4.79 Å². The van der Waals surface area contributed by atoms with E-state index in [0.717, 1.165) is 0 Å². The molecule has 0 aromatic carbocycles. The monoisotopic (exact) mass is 181 g/mol. The maximum absolute atomic E-state index is 10.6. The molecule has 0 aliphatic carbocycles. The van der Waals surface area contributed by atoms with E-state index >= 15 is 0 Å². The minimum absolute atomic E-state index is 0.388.